The minimum absolute atomic E-state index is 0.0259. The largest absolute Gasteiger partial charge is 0.367 e. The van der Waals surface area contributed by atoms with Crippen LogP contribution in [0.1, 0.15) is 18.4 Å². The van der Waals surface area contributed by atoms with Crippen molar-refractivity contribution >= 4 is 23.2 Å². The highest BCUT2D eigenvalue weighted by atomic mass is 35.5. The standard InChI is InChI=1S/C19H21ClN2O/c20-18-11-5-4-7-15(18)13-19(23)21-14-17-10-6-12-22(17)16-8-2-1-3-9-16/h1-5,7-9,11,17H,6,10,12-14H2,(H,21,23). The molecule has 0 aromatic heterocycles. The van der Waals surface area contributed by atoms with Gasteiger partial charge in [0.05, 0.1) is 6.42 Å². The first kappa shape index (κ1) is 15.9. The maximum Gasteiger partial charge on any atom is 0.224 e. The summed E-state index contributed by atoms with van der Waals surface area (Å²) in [5, 5.41) is 3.71. The lowest BCUT2D eigenvalue weighted by Gasteiger charge is -2.27. The van der Waals surface area contributed by atoms with E-state index in [0.29, 0.717) is 24.0 Å². The van der Waals surface area contributed by atoms with E-state index in [1.54, 1.807) is 0 Å². The number of hydrogen-bond donors (Lipinski definition) is 1. The van der Waals surface area contributed by atoms with Crippen LogP contribution in [0.3, 0.4) is 0 Å². The van der Waals surface area contributed by atoms with E-state index in [2.05, 4.69) is 34.5 Å². The zero-order chi connectivity index (χ0) is 16.1. The van der Waals surface area contributed by atoms with Crippen molar-refractivity contribution in [1.29, 1.82) is 0 Å². The predicted octanol–water partition coefficient (Wildman–Crippen LogP) is 3.67. The Morgan fingerprint density at radius 1 is 1.13 bits per heavy atom. The second-order valence-corrected chi connectivity index (χ2v) is 6.30. The number of amides is 1. The molecule has 3 rings (SSSR count). The zero-order valence-electron chi connectivity index (χ0n) is 13.0. The number of benzene rings is 2. The number of carbonyl (C=O) groups excluding carboxylic acids is 1. The van der Waals surface area contributed by atoms with E-state index in [1.165, 1.54) is 12.1 Å². The fourth-order valence-corrected chi connectivity index (χ4v) is 3.32. The normalized spacial score (nSPS) is 17.3. The summed E-state index contributed by atoms with van der Waals surface area (Å²) in [5.74, 6) is 0.0259. The van der Waals surface area contributed by atoms with Crippen molar-refractivity contribution in [3.8, 4) is 0 Å². The summed E-state index contributed by atoms with van der Waals surface area (Å²) in [4.78, 5) is 14.6. The van der Waals surface area contributed by atoms with Crippen molar-refractivity contribution in [1.82, 2.24) is 5.32 Å². The maximum absolute atomic E-state index is 12.2. The molecule has 3 nitrogen and oxygen atoms in total. The first-order valence-electron chi connectivity index (χ1n) is 8.06. The molecule has 0 radical (unpaired) electrons. The summed E-state index contributed by atoms with van der Waals surface area (Å²) in [6, 6.07) is 18.3. The number of para-hydroxylation sites is 1. The van der Waals surface area contributed by atoms with Gasteiger partial charge in [0.25, 0.3) is 0 Å². The lowest BCUT2D eigenvalue weighted by molar-refractivity contribution is -0.120. The monoisotopic (exact) mass is 328 g/mol. The number of rotatable bonds is 5. The molecule has 2 aromatic rings. The Balaban J connectivity index is 1.55. The van der Waals surface area contributed by atoms with Crippen molar-refractivity contribution in [3.05, 3.63) is 65.2 Å². The van der Waals surface area contributed by atoms with Gasteiger partial charge in [-0.05, 0) is 36.6 Å². The molecule has 1 atom stereocenters. The predicted molar refractivity (Wildman–Crippen MR) is 95.0 cm³/mol. The lowest BCUT2D eigenvalue weighted by Crippen LogP contribution is -2.40. The second kappa shape index (κ2) is 7.51. The van der Waals surface area contributed by atoms with Crippen LogP contribution in [0, 0.1) is 0 Å². The van der Waals surface area contributed by atoms with E-state index < -0.39 is 0 Å². The molecular formula is C19H21ClN2O. The van der Waals surface area contributed by atoms with E-state index in [9.17, 15) is 4.79 Å². The van der Waals surface area contributed by atoms with Gasteiger partial charge in [0, 0.05) is 29.8 Å². The molecule has 1 saturated heterocycles. The van der Waals surface area contributed by atoms with E-state index >= 15 is 0 Å². The van der Waals surface area contributed by atoms with Gasteiger partial charge in [-0.15, -0.1) is 0 Å². The van der Waals surface area contributed by atoms with Gasteiger partial charge in [0.2, 0.25) is 5.91 Å². The zero-order valence-corrected chi connectivity index (χ0v) is 13.8. The molecule has 1 fully saturated rings. The van der Waals surface area contributed by atoms with Gasteiger partial charge < -0.3 is 10.2 Å². The molecule has 120 valence electrons. The number of hydrogen-bond acceptors (Lipinski definition) is 2. The van der Waals surface area contributed by atoms with Gasteiger partial charge in [-0.1, -0.05) is 48.0 Å². The molecule has 1 N–H and O–H groups in total. The maximum atomic E-state index is 12.2. The van der Waals surface area contributed by atoms with Crippen LogP contribution in [0.5, 0.6) is 0 Å². The first-order chi connectivity index (χ1) is 11.2. The smallest absolute Gasteiger partial charge is 0.224 e. The fourth-order valence-electron chi connectivity index (χ4n) is 3.12. The van der Waals surface area contributed by atoms with Crippen molar-refractivity contribution in [3.63, 3.8) is 0 Å². The Morgan fingerprint density at radius 3 is 2.65 bits per heavy atom. The van der Waals surface area contributed by atoms with Crippen LogP contribution in [0.2, 0.25) is 5.02 Å². The van der Waals surface area contributed by atoms with Gasteiger partial charge in [0.15, 0.2) is 0 Å². The van der Waals surface area contributed by atoms with Crippen molar-refractivity contribution in [2.24, 2.45) is 0 Å². The molecule has 1 unspecified atom stereocenters. The van der Waals surface area contributed by atoms with Crippen molar-refractivity contribution < 1.29 is 4.79 Å². The van der Waals surface area contributed by atoms with Crippen LogP contribution in [-0.2, 0) is 11.2 Å². The van der Waals surface area contributed by atoms with Crippen LogP contribution in [-0.4, -0.2) is 25.0 Å². The number of anilines is 1. The third kappa shape index (κ3) is 4.05. The third-order valence-corrected chi connectivity index (χ3v) is 4.68. The Morgan fingerprint density at radius 2 is 1.87 bits per heavy atom. The Hall–Kier alpha value is -2.00. The molecule has 4 heteroatoms. The molecule has 1 aliphatic heterocycles. The van der Waals surface area contributed by atoms with Gasteiger partial charge in [0.1, 0.15) is 0 Å². The highest BCUT2D eigenvalue weighted by Gasteiger charge is 2.24. The molecule has 2 aromatic carbocycles. The number of nitrogens with zero attached hydrogens (tertiary/aromatic N) is 1. The molecule has 0 bridgehead atoms. The van der Waals surface area contributed by atoms with E-state index in [1.807, 2.05) is 30.3 Å². The number of nitrogens with one attached hydrogen (secondary N) is 1. The topological polar surface area (TPSA) is 32.3 Å². The molecule has 1 amide bonds. The second-order valence-electron chi connectivity index (χ2n) is 5.90. The first-order valence-corrected chi connectivity index (χ1v) is 8.43. The third-order valence-electron chi connectivity index (χ3n) is 4.31. The van der Waals surface area contributed by atoms with E-state index in [-0.39, 0.29) is 5.91 Å². The summed E-state index contributed by atoms with van der Waals surface area (Å²) >= 11 is 6.11. The minimum atomic E-state index is 0.0259. The SMILES string of the molecule is O=C(Cc1ccccc1Cl)NCC1CCCN1c1ccccc1. The van der Waals surface area contributed by atoms with Gasteiger partial charge >= 0.3 is 0 Å². The average molecular weight is 329 g/mol. The van der Waals surface area contributed by atoms with E-state index in [0.717, 1.165) is 18.5 Å². The molecule has 0 aliphatic carbocycles. The fraction of sp³-hybridized carbons (Fsp3) is 0.316. The van der Waals surface area contributed by atoms with Crippen molar-refractivity contribution in [2.45, 2.75) is 25.3 Å². The summed E-state index contributed by atoms with van der Waals surface area (Å²) in [6.07, 6.45) is 2.61. The minimum Gasteiger partial charge on any atom is -0.367 e. The summed E-state index contributed by atoms with van der Waals surface area (Å²) in [5.41, 5.74) is 2.10. The van der Waals surface area contributed by atoms with Crippen LogP contribution in [0.25, 0.3) is 0 Å². The Labute approximate surface area is 142 Å². The van der Waals surface area contributed by atoms with Crippen LogP contribution >= 0.6 is 11.6 Å². The summed E-state index contributed by atoms with van der Waals surface area (Å²) < 4.78 is 0. The highest BCUT2D eigenvalue weighted by molar-refractivity contribution is 6.31. The molecule has 0 saturated carbocycles. The average Bonchev–Trinajstić information content (AvgIpc) is 3.04. The molecule has 1 aliphatic rings. The number of halogens is 1. The van der Waals surface area contributed by atoms with Gasteiger partial charge in [-0.3, -0.25) is 4.79 Å². The molecule has 1 heterocycles. The lowest BCUT2D eigenvalue weighted by atomic mass is 10.1. The Bertz CT molecular complexity index is 659. The van der Waals surface area contributed by atoms with Gasteiger partial charge in [-0.25, -0.2) is 0 Å². The van der Waals surface area contributed by atoms with Gasteiger partial charge in [-0.2, -0.15) is 0 Å². The highest BCUT2D eigenvalue weighted by Crippen LogP contribution is 2.24. The van der Waals surface area contributed by atoms with Crippen LogP contribution in [0.4, 0.5) is 5.69 Å². The Kier molecular flexibility index (Phi) is 5.19. The summed E-state index contributed by atoms with van der Waals surface area (Å²) in [7, 11) is 0. The molecule has 0 spiro atoms. The van der Waals surface area contributed by atoms with Crippen LogP contribution in [0.15, 0.2) is 54.6 Å². The van der Waals surface area contributed by atoms with E-state index in [4.69, 9.17) is 11.6 Å². The summed E-state index contributed by atoms with van der Waals surface area (Å²) in [6.45, 7) is 1.73. The van der Waals surface area contributed by atoms with Crippen LogP contribution < -0.4 is 10.2 Å². The molecular weight excluding hydrogens is 308 g/mol. The van der Waals surface area contributed by atoms with Crippen molar-refractivity contribution in [2.75, 3.05) is 18.0 Å². The number of carbonyl (C=O) groups is 1. The molecule has 23 heavy (non-hydrogen) atoms. The quantitative estimate of drug-likeness (QED) is 0.908.